The molecule has 0 rings (SSSR count). The third-order valence-corrected chi connectivity index (χ3v) is 2.27. The van der Waals surface area contributed by atoms with Crippen LogP contribution in [0.2, 0.25) is 0 Å². The molecular formula is C4H5Br2O2. The Morgan fingerprint density at radius 2 is 1.75 bits per heavy atom. The van der Waals surface area contributed by atoms with Crippen LogP contribution in [0.3, 0.4) is 0 Å². The smallest absolute Gasteiger partial charge is 0.247 e. The van der Waals surface area contributed by atoms with E-state index in [2.05, 4.69) is 31.9 Å². The Morgan fingerprint density at radius 3 is 1.75 bits per heavy atom. The molecule has 8 heavy (non-hydrogen) atoms. The van der Waals surface area contributed by atoms with Gasteiger partial charge in [-0.3, -0.25) is 0 Å². The van der Waals surface area contributed by atoms with E-state index in [0.717, 1.165) is 0 Å². The Hall–Kier alpha value is 0.430. The van der Waals surface area contributed by atoms with Gasteiger partial charge in [-0.2, -0.15) is 0 Å². The SMILES string of the molecule is [O]C(=O)C(CBr)CBr. The molecule has 0 aromatic rings. The van der Waals surface area contributed by atoms with E-state index in [0.29, 0.717) is 10.7 Å². The molecule has 0 aromatic heterocycles. The number of halogens is 2. The summed E-state index contributed by atoms with van der Waals surface area (Å²) in [5, 5.41) is 10.9. The van der Waals surface area contributed by atoms with Gasteiger partial charge in [-0.05, 0) is 0 Å². The molecule has 0 saturated heterocycles. The highest BCUT2D eigenvalue weighted by molar-refractivity contribution is 9.09. The second-order valence-corrected chi connectivity index (χ2v) is 2.62. The standard InChI is InChI=1S/C4H5Br2O2/c5-1-3(2-6)4(7)8/h3H,1-2H2. The largest absolute Gasteiger partial charge is 0.360 e. The van der Waals surface area contributed by atoms with E-state index in [1.807, 2.05) is 0 Å². The van der Waals surface area contributed by atoms with Crippen molar-refractivity contribution in [1.82, 2.24) is 0 Å². The van der Waals surface area contributed by atoms with Crippen molar-refractivity contribution in [2.75, 3.05) is 10.7 Å². The predicted molar refractivity (Wildman–Crippen MR) is 36.8 cm³/mol. The molecule has 0 unspecified atom stereocenters. The summed E-state index contributed by atoms with van der Waals surface area (Å²) >= 11 is 6.05. The van der Waals surface area contributed by atoms with Crippen molar-refractivity contribution in [2.45, 2.75) is 0 Å². The third kappa shape index (κ3) is 2.67. The first-order valence-electron chi connectivity index (χ1n) is 2.05. The molecule has 0 amide bonds. The van der Waals surface area contributed by atoms with Gasteiger partial charge in [-0.1, -0.05) is 31.9 Å². The van der Waals surface area contributed by atoms with Crippen molar-refractivity contribution in [3.63, 3.8) is 0 Å². The molecule has 0 aromatic carbocycles. The summed E-state index contributed by atoms with van der Waals surface area (Å²) in [5.41, 5.74) is 0. The number of carbonyl (C=O) groups is 1. The summed E-state index contributed by atoms with van der Waals surface area (Å²) in [4.78, 5) is 9.99. The topological polar surface area (TPSA) is 37.0 Å². The summed E-state index contributed by atoms with van der Waals surface area (Å²) < 4.78 is 0. The molecule has 1 radical (unpaired) electrons. The molecule has 0 heterocycles. The first kappa shape index (κ1) is 8.43. The number of rotatable bonds is 3. The van der Waals surface area contributed by atoms with Gasteiger partial charge < -0.3 is 0 Å². The molecule has 0 aliphatic rings. The monoisotopic (exact) mass is 243 g/mol. The van der Waals surface area contributed by atoms with Crippen molar-refractivity contribution < 1.29 is 9.90 Å². The van der Waals surface area contributed by atoms with Crippen LogP contribution >= 0.6 is 31.9 Å². The van der Waals surface area contributed by atoms with E-state index in [1.54, 1.807) is 0 Å². The van der Waals surface area contributed by atoms with Crippen molar-refractivity contribution in [1.29, 1.82) is 0 Å². The first-order valence-corrected chi connectivity index (χ1v) is 4.29. The molecule has 47 valence electrons. The number of alkyl halides is 2. The van der Waals surface area contributed by atoms with Gasteiger partial charge in [0, 0.05) is 10.7 Å². The molecule has 0 N–H and O–H groups in total. The molecule has 0 aliphatic carbocycles. The van der Waals surface area contributed by atoms with Crippen LogP contribution in [-0.4, -0.2) is 16.6 Å². The second-order valence-electron chi connectivity index (χ2n) is 1.32. The highest BCUT2D eigenvalue weighted by Gasteiger charge is 2.14. The van der Waals surface area contributed by atoms with Crippen LogP contribution in [0.4, 0.5) is 0 Å². The molecule has 2 nitrogen and oxygen atoms in total. The average molecular weight is 245 g/mol. The fourth-order valence-corrected chi connectivity index (χ4v) is 1.77. The quantitative estimate of drug-likeness (QED) is 0.691. The number of hydrogen-bond acceptors (Lipinski definition) is 1. The fourth-order valence-electron chi connectivity index (χ4n) is 0.167. The summed E-state index contributed by atoms with van der Waals surface area (Å²) in [6.07, 6.45) is 0. The van der Waals surface area contributed by atoms with Crippen LogP contribution in [0.15, 0.2) is 0 Å². The molecular weight excluding hydrogens is 240 g/mol. The Labute approximate surface area is 64.5 Å². The fraction of sp³-hybridized carbons (Fsp3) is 0.750. The Balaban J connectivity index is 3.52. The normalized spacial score (nSPS) is 9.88. The van der Waals surface area contributed by atoms with Crippen molar-refractivity contribution >= 4 is 37.8 Å². The van der Waals surface area contributed by atoms with Gasteiger partial charge in [0.15, 0.2) is 0 Å². The van der Waals surface area contributed by atoms with E-state index in [4.69, 9.17) is 0 Å². The van der Waals surface area contributed by atoms with Crippen LogP contribution in [0.5, 0.6) is 0 Å². The minimum Gasteiger partial charge on any atom is -0.247 e. The van der Waals surface area contributed by atoms with Crippen molar-refractivity contribution in [3.8, 4) is 0 Å². The summed E-state index contributed by atoms with van der Waals surface area (Å²) in [6.45, 7) is 0. The zero-order chi connectivity index (χ0) is 6.57. The maximum absolute atomic E-state index is 9.99. The lowest BCUT2D eigenvalue weighted by atomic mass is 10.2. The maximum atomic E-state index is 9.99. The summed E-state index contributed by atoms with van der Waals surface area (Å²) in [6, 6.07) is 0. The first-order chi connectivity index (χ1) is 3.72. The number of carbonyl (C=O) groups excluding carboxylic acids is 1. The van der Waals surface area contributed by atoms with Gasteiger partial charge in [0.05, 0.1) is 5.92 Å². The van der Waals surface area contributed by atoms with E-state index in [-0.39, 0.29) is 0 Å². The van der Waals surface area contributed by atoms with Gasteiger partial charge in [-0.25, -0.2) is 9.90 Å². The lowest BCUT2D eigenvalue weighted by molar-refractivity contribution is -0.146. The zero-order valence-corrected chi connectivity index (χ0v) is 7.24. The minimum atomic E-state index is -1.02. The van der Waals surface area contributed by atoms with Crippen molar-refractivity contribution in [2.24, 2.45) is 5.92 Å². The van der Waals surface area contributed by atoms with Crippen LogP contribution in [-0.2, 0) is 9.90 Å². The van der Waals surface area contributed by atoms with E-state index in [1.165, 1.54) is 0 Å². The van der Waals surface area contributed by atoms with Crippen LogP contribution in [0.25, 0.3) is 0 Å². The summed E-state index contributed by atoms with van der Waals surface area (Å²) in [7, 11) is 0. The minimum absolute atomic E-state index is 0.407. The molecule has 0 aliphatic heterocycles. The predicted octanol–water partition coefficient (Wildman–Crippen LogP) is 1.35. The molecule has 0 fully saturated rings. The lowest BCUT2D eigenvalue weighted by Crippen LogP contribution is -2.14. The van der Waals surface area contributed by atoms with Gasteiger partial charge in [0.1, 0.15) is 0 Å². The third-order valence-electron chi connectivity index (χ3n) is 0.706. The van der Waals surface area contributed by atoms with Crippen LogP contribution in [0.1, 0.15) is 0 Å². The van der Waals surface area contributed by atoms with Gasteiger partial charge in [0.25, 0.3) is 0 Å². The molecule has 4 heteroatoms. The molecule has 0 atom stereocenters. The Kier molecular flexibility index (Phi) is 4.56. The lowest BCUT2D eigenvalue weighted by Gasteiger charge is -1.97. The van der Waals surface area contributed by atoms with Crippen LogP contribution < -0.4 is 0 Å². The zero-order valence-electron chi connectivity index (χ0n) is 4.06. The Bertz CT molecular complexity index is 80.1. The Morgan fingerprint density at radius 1 is 1.38 bits per heavy atom. The van der Waals surface area contributed by atoms with Gasteiger partial charge >= 0.3 is 5.97 Å². The molecule has 0 saturated carbocycles. The summed E-state index contributed by atoms with van der Waals surface area (Å²) in [5.74, 6) is -1.42. The van der Waals surface area contributed by atoms with Gasteiger partial charge in [0.2, 0.25) is 0 Å². The van der Waals surface area contributed by atoms with Crippen LogP contribution in [0, 0.1) is 5.92 Å². The highest BCUT2D eigenvalue weighted by atomic mass is 79.9. The highest BCUT2D eigenvalue weighted by Crippen LogP contribution is 2.04. The second kappa shape index (κ2) is 4.32. The van der Waals surface area contributed by atoms with Gasteiger partial charge in [-0.15, -0.1) is 0 Å². The number of hydrogen-bond donors (Lipinski definition) is 0. The van der Waals surface area contributed by atoms with E-state index < -0.39 is 11.9 Å². The van der Waals surface area contributed by atoms with E-state index >= 15 is 0 Å². The average Bonchev–Trinajstić information content (AvgIpc) is 1.69. The maximum Gasteiger partial charge on any atom is 0.360 e. The molecule has 0 bridgehead atoms. The molecule has 0 spiro atoms. The van der Waals surface area contributed by atoms with Crippen molar-refractivity contribution in [3.05, 3.63) is 0 Å². The van der Waals surface area contributed by atoms with E-state index in [9.17, 15) is 9.90 Å².